The molecule has 0 aliphatic carbocycles. The number of hydrogen-bond acceptors (Lipinski definition) is 16. The number of nitrogens with two attached hydrogens (primary N) is 1. The van der Waals surface area contributed by atoms with Crippen molar-refractivity contribution in [3.05, 3.63) is 30.5 Å². The lowest BCUT2D eigenvalue weighted by Crippen LogP contribution is -2.61. The molecule has 0 radical (unpaired) electrons. The molecular weight excluding hydrogens is 827 g/mol. The first kappa shape index (κ1) is 52.9. The number of aliphatic hydroxyl groups is 3. The molecule has 6 N–H and O–H groups in total. The number of nitrogens with one attached hydrogen (secondary N) is 1. The van der Waals surface area contributed by atoms with Crippen LogP contribution in [0.15, 0.2) is 30.5 Å². The van der Waals surface area contributed by atoms with Gasteiger partial charge in [0.25, 0.3) is 0 Å². The number of ketones is 1. The minimum absolute atomic E-state index is 0.0794. The Labute approximate surface area is 379 Å². The molecule has 2 saturated heterocycles. The zero-order chi connectivity index (χ0) is 47.4. The minimum atomic E-state index is -1.27. The van der Waals surface area contributed by atoms with E-state index in [0.29, 0.717) is 63.1 Å². The maximum atomic E-state index is 14.5. The summed E-state index contributed by atoms with van der Waals surface area (Å²) >= 11 is 0. The van der Waals surface area contributed by atoms with E-state index in [0.717, 1.165) is 5.56 Å². The summed E-state index contributed by atoms with van der Waals surface area (Å²) in [7, 11) is 1.55. The highest BCUT2D eigenvalue weighted by molar-refractivity contribution is 6.00. The first-order valence-electron chi connectivity index (χ1n) is 23.1. The lowest BCUT2D eigenvalue weighted by molar-refractivity contribution is -0.267. The number of aromatic nitrogens is 3. The van der Waals surface area contributed by atoms with Gasteiger partial charge in [0.05, 0.1) is 37.2 Å². The fraction of sp³-hybridized carbons (Fsp3) is 0.761. The molecule has 2 aromatic rings. The molecule has 0 saturated carbocycles. The first-order valence-corrected chi connectivity index (χ1v) is 23.1. The summed E-state index contributed by atoms with van der Waals surface area (Å²) < 4.78 is 33.3. The molecule has 4 rings (SSSR count). The molecule has 1 amide bonds. The Morgan fingerprint density at radius 3 is 2.34 bits per heavy atom. The van der Waals surface area contributed by atoms with E-state index in [4.69, 9.17) is 29.4 Å². The predicted molar refractivity (Wildman–Crippen MR) is 241 cm³/mol. The molecule has 2 aliphatic heterocycles. The number of Topliss-reactive ketones (excluding diaryl/α,β-unsaturated/α-hetero) is 1. The molecule has 1 aromatic heterocycles. The highest BCUT2D eigenvalue weighted by Crippen LogP contribution is 2.40. The number of benzene rings is 1. The van der Waals surface area contributed by atoms with Crippen LogP contribution < -0.4 is 11.1 Å². The van der Waals surface area contributed by atoms with E-state index in [-0.39, 0.29) is 44.9 Å². The Balaban J connectivity index is 1.62. The van der Waals surface area contributed by atoms with Crippen molar-refractivity contribution in [1.82, 2.24) is 30.1 Å². The Kier molecular flexibility index (Phi) is 19.9. The first-order chi connectivity index (χ1) is 30.4. The molecule has 2 aliphatic rings. The number of amides is 1. The van der Waals surface area contributed by atoms with E-state index in [2.05, 4.69) is 22.6 Å². The fourth-order valence-electron chi connectivity index (χ4n) is 9.78. The number of nitrogen functional groups attached to an aromatic ring is 1. The van der Waals surface area contributed by atoms with Crippen LogP contribution in [0, 0.1) is 17.8 Å². The molecule has 64 heavy (non-hydrogen) atoms. The van der Waals surface area contributed by atoms with Crippen LogP contribution in [-0.2, 0) is 39.8 Å². The summed E-state index contributed by atoms with van der Waals surface area (Å²) in [6.07, 6.45) is -0.580. The van der Waals surface area contributed by atoms with Gasteiger partial charge in [0.2, 0.25) is 0 Å². The quantitative estimate of drug-likeness (QED) is 0.0420. The monoisotopic (exact) mass is 904 g/mol. The summed E-state index contributed by atoms with van der Waals surface area (Å²) in [5, 5.41) is 43.7. The van der Waals surface area contributed by atoms with Crippen molar-refractivity contribution in [2.24, 2.45) is 17.8 Å². The molecule has 0 spiro atoms. The van der Waals surface area contributed by atoms with Crippen molar-refractivity contribution in [1.29, 1.82) is 0 Å². The Bertz CT molecular complexity index is 1780. The van der Waals surface area contributed by atoms with Crippen LogP contribution in [0.2, 0.25) is 0 Å². The third-order valence-electron chi connectivity index (χ3n) is 13.2. The molecule has 362 valence electrons. The lowest BCUT2D eigenvalue weighted by atomic mass is 9.78. The van der Waals surface area contributed by atoms with Crippen LogP contribution in [0.5, 0.6) is 0 Å². The van der Waals surface area contributed by atoms with E-state index in [1.807, 2.05) is 58.2 Å². The van der Waals surface area contributed by atoms with Gasteiger partial charge in [-0.1, -0.05) is 45.0 Å². The van der Waals surface area contributed by atoms with Crippen LogP contribution in [-0.4, -0.2) is 165 Å². The van der Waals surface area contributed by atoms with Crippen molar-refractivity contribution in [3.63, 3.8) is 0 Å². The summed E-state index contributed by atoms with van der Waals surface area (Å²) in [6.45, 7) is 18.0. The molecule has 3 heterocycles. The van der Waals surface area contributed by atoms with Crippen molar-refractivity contribution in [2.45, 2.75) is 155 Å². The minimum Gasteiger partial charge on any atom is -0.458 e. The van der Waals surface area contributed by atoms with Crippen LogP contribution in [0.3, 0.4) is 0 Å². The van der Waals surface area contributed by atoms with Crippen LogP contribution in [0.1, 0.15) is 94.4 Å². The van der Waals surface area contributed by atoms with Gasteiger partial charge in [0, 0.05) is 69.1 Å². The van der Waals surface area contributed by atoms with E-state index < -0.39 is 77.6 Å². The number of carbonyl (C=O) groups is 3. The average Bonchev–Trinajstić information content (AvgIpc) is 3.85. The number of methoxy groups -OCH3 is 1. The average molecular weight is 904 g/mol. The van der Waals surface area contributed by atoms with E-state index in [1.165, 1.54) is 6.92 Å². The number of carbonyl (C=O) groups excluding carboxylic acids is 3. The van der Waals surface area contributed by atoms with Gasteiger partial charge in [-0.25, -0.2) is 4.79 Å². The smallest absolute Gasteiger partial charge is 0.410 e. The van der Waals surface area contributed by atoms with Gasteiger partial charge in [-0.15, -0.1) is 5.10 Å². The molecule has 18 nitrogen and oxygen atoms in total. The molecule has 2 fully saturated rings. The number of aryl methyl sites for hydroxylation is 1. The van der Waals surface area contributed by atoms with Gasteiger partial charge in [-0.05, 0) is 91.3 Å². The Morgan fingerprint density at radius 2 is 1.73 bits per heavy atom. The van der Waals surface area contributed by atoms with Gasteiger partial charge < -0.3 is 50.1 Å². The molecule has 0 bridgehead atoms. The highest BCUT2D eigenvalue weighted by Gasteiger charge is 2.58. The second-order valence-electron chi connectivity index (χ2n) is 18.0. The normalized spacial score (nSPS) is 30.0. The number of cyclic esters (lactones) is 1. The Hall–Kier alpha value is -3.75. The molecular formula is C46H77N7O11. The summed E-state index contributed by atoms with van der Waals surface area (Å²) in [4.78, 5) is 46.0. The number of esters is 1. The Morgan fingerprint density at radius 1 is 1.05 bits per heavy atom. The van der Waals surface area contributed by atoms with Gasteiger partial charge in [-0.2, -0.15) is 0 Å². The third kappa shape index (κ3) is 12.6. The van der Waals surface area contributed by atoms with Crippen molar-refractivity contribution < 1.29 is 53.4 Å². The van der Waals surface area contributed by atoms with Gasteiger partial charge in [0.1, 0.15) is 23.8 Å². The number of anilines is 1. The summed E-state index contributed by atoms with van der Waals surface area (Å²) in [6, 6.07) is 6.00. The SMILES string of the molecule is CCO[C@@H](O[C@@H]1[C@@H](C)C(=O)[C@@H](C)C(=O)O[C@H](CC)[C@@]2(C)OC(=O)N(CCCCn3cc(-c4cccc(N)c4)nn3)[C@@H]2[C@@H](C)NC[C@H](C)C[C@@]1(C)OC)C(O)C(CC)N(CCO)CCO. The van der Waals surface area contributed by atoms with Gasteiger partial charge in [-0.3, -0.25) is 24.1 Å². The number of ether oxygens (including phenoxy) is 5. The topological polar surface area (TPSA) is 233 Å². The van der Waals surface area contributed by atoms with E-state index in [1.54, 1.807) is 42.4 Å². The number of fused-ring (bicyclic) bond motifs is 1. The van der Waals surface area contributed by atoms with Crippen molar-refractivity contribution in [2.75, 3.05) is 58.8 Å². The van der Waals surface area contributed by atoms with Crippen LogP contribution in [0.4, 0.5) is 10.5 Å². The maximum Gasteiger partial charge on any atom is 0.410 e. The molecule has 1 aromatic carbocycles. The number of rotatable bonds is 20. The number of nitrogens with zero attached hydrogens (tertiary/aromatic N) is 5. The standard InChI is InChI=1S/C46H77N7O11/c1-11-36(51(21-23-54)22-24-55)39(57)43(61-13-3)63-41-30(5)38(56)31(6)42(58)62-37(12-2)46(9)40(32(7)48-27-29(4)26-45(41,8)60-10)53(44(59)64-46)20-15-14-19-52-28-35(49-50-52)33-17-16-18-34(47)25-33/h16-18,25,28-32,36-37,39-41,43,48,54-55,57H,11-15,19-24,26-27,47H2,1-10H3/t29-,30+,31-,32-,36?,37-,39?,40-,41-,43+,45-,46-/m1/s1. The van der Waals surface area contributed by atoms with Gasteiger partial charge in [0.15, 0.2) is 17.7 Å². The second kappa shape index (κ2) is 24.1. The van der Waals surface area contributed by atoms with Crippen molar-refractivity contribution in [3.8, 4) is 11.3 Å². The van der Waals surface area contributed by atoms with Gasteiger partial charge >= 0.3 is 12.1 Å². The van der Waals surface area contributed by atoms with Crippen LogP contribution in [0.25, 0.3) is 11.3 Å². The second-order valence-corrected chi connectivity index (χ2v) is 18.0. The zero-order valence-electron chi connectivity index (χ0n) is 39.8. The number of unbranched alkanes of at least 4 members (excludes halogenated alkanes) is 1. The fourth-order valence-corrected chi connectivity index (χ4v) is 9.78. The highest BCUT2D eigenvalue weighted by atomic mass is 16.7. The summed E-state index contributed by atoms with van der Waals surface area (Å²) in [5.74, 6) is -3.50. The predicted octanol–water partition coefficient (Wildman–Crippen LogP) is 3.65. The van der Waals surface area contributed by atoms with E-state index >= 15 is 0 Å². The molecule has 2 unspecified atom stereocenters. The molecule has 12 atom stereocenters. The lowest BCUT2D eigenvalue weighted by Gasteiger charge is -2.44. The third-order valence-corrected chi connectivity index (χ3v) is 13.2. The van der Waals surface area contributed by atoms with Crippen molar-refractivity contribution >= 4 is 23.5 Å². The maximum absolute atomic E-state index is 14.5. The molecule has 18 heteroatoms. The number of hydrogen-bond donors (Lipinski definition) is 5. The van der Waals surface area contributed by atoms with E-state index in [9.17, 15) is 29.7 Å². The summed E-state index contributed by atoms with van der Waals surface area (Å²) in [5.41, 5.74) is 5.78. The zero-order valence-corrected chi connectivity index (χ0v) is 39.8. The van der Waals surface area contributed by atoms with Crippen LogP contribution >= 0.6 is 0 Å². The number of aliphatic hydroxyl groups excluding tert-OH is 3. The largest absolute Gasteiger partial charge is 0.458 e.